The Morgan fingerprint density at radius 1 is 0.718 bits per heavy atom. The van der Waals surface area contributed by atoms with E-state index in [-0.39, 0.29) is 0 Å². The van der Waals surface area contributed by atoms with Crippen molar-refractivity contribution in [1.82, 2.24) is 29.3 Å². The quantitative estimate of drug-likeness (QED) is 0.218. The number of aryl methyl sites for hydroxylation is 1. The lowest BCUT2D eigenvalue weighted by Crippen LogP contribution is -2.15. The number of imidazole rings is 2. The van der Waals surface area contributed by atoms with E-state index in [0.29, 0.717) is 13.2 Å². The van der Waals surface area contributed by atoms with E-state index in [2.05, 4.69) is 77.9 Å². The number of nitrogens with one attached hydrogen (secondary N) is 1. The van der Waals surface area contributed by atoms with Gasteiger partial charge in [0, 0.05) is 43.4 Å². The van der Waals surface area contributed by atoms with Gasteiger partial charge in [-0.1, -0.05) is 24.3 Å². The highest BCUT2D eigenvalue weighted by Gasteiger charge is 2.13. The second-order valence-electron chi connectivity index (χ2n) is 10.5. The Bertz CT molecular complexity index is 1530. The molecule has 0 atom stereocenters. The minimum atomic E-state index is 0.694. The summed E-state index contributed by atoms with van der Waals surface area (Å²) < 4.78 is 14.0. The molecular formula is C31H38N6O2. The molecule has 204 valence electrons. The van der Waals surface area contributed by atoms with Crippen molar-refractivity contribution >= 4 is 22.1 Å². The molecule has 8 heteroatoms. The number of rotatable bonds is 12. The topological polar surface area (TPSA) is 71.4 Å². The standard InChI is InChI=1S/C31H38N6O2/c1-35(2)16-6-18-38-24-12-14-26-28(20-24)33-30(32-26)22-8-10-23(11-9-22)31-34-27-15-13-25(21-29(27)37(31)5)39-19-7-17-36(3)4/h8-15,20-21H,6-7,16-19H2,1-5H3,(H,32,33). The Morgan fingerprint density at radius 2 is 1.31 bits per heavy atom. The van der Waals surface area contributed by atoms with Crippen LogP contribution in [0.25, 0.3) is 44.8 Å². The second-order valence-corrected chi connectivity index (χ2v) is 10.5. The van der Waals surface area contributed by atoms with E-state index in [9.17, 15) is 0 Å². The summed E-state index contributed by atoms with van der Waals surface area (Å²) in [5.74, 6) is 3.48. The number of hydrogen-bond acceptors (Lipinski definition) is 6. The molecule has 1 N–H and O–H groups in total. The van der Waals surface area contributed by atoms with Crippen molar-refractivity contribution < 1.29 is 9.47 Å². The molecule has 8 nitrogen and oxygen atoms in total. The molecule has 0 saturated carbocycles. The summed E-state index contributed by atoms with van der Waals surface area (Å²) in [7, 11) is 10.3. The molecule has 0 bridgehead atoms. The molecule has 0 aliphatic heterocycles. The summed E-state index contributed by atoms with van der Waals surface area (Å²) in [5, 5.41) is 0. The van der Waals surface area contributed by atoms with Gasteiger partial charge in [-0.2, -0.15) is 0 Å². The maximum Gasteiger partial charge on any atom is 0.140 e. The van der Waals surface area contributed by atoms with Crippen LogP contribution in [0.5, 0.6) is 11.5 Å². The normalized spacial score (nSPS) is 11.8. The summed E-state index contributed by atoms with van der Waals surface area (Å²) in [5.41, 5.74) is 5.97. The first-order chi connectivity index (χ1) is 18.9. The maximum atomic E-state index is 5.98. The number of ether oxygens (including phenoxy) is 2. The van der Waals surface area contributed by atoms with Crippen LogP contribution in [0.2, 0.25) is 0 Å². The zero-order valence-electron chi connectivity index (χ0n) is 23.6. The Kier molecular flexibility index (Phi) is 8.14. The fourth-order valence-corrected chi connectivity index (χ4v) is 4.65. The van der Waals surface area contributed by atoms with Crippen LogP contribution in [-0.4, -0.2) is 83.8 Å². The Hall–Kier alpha value is -3.88. The van der Waals surface area contributed by atoms with Crippen LogP contribution in [0.1, 0.15) is 12.8 Å². The number of aromatic amines is 1. The SMILES string of the molecule is CN(C)CCCOc1ccc2nc(-c3ccc(-c4nc5ccc(OCCCN(C)C)cc5n4C)cc3)[nH]c2c1. The number of benzene rings is 3. The lowest BCUT2D eigenvalue weighted by molar-refractivity contribution is 0.282. The zero-order valence-corrected chi connectivity index (χ0v) is 23.6. The van der Waals surface area contributed by atoms with Crippen LogP contribution in [-0.2, 0) is 7.05 Å². The lowest BCUT2D eigenvalue weighted by atomic mass is 10.1. The molecule has 0 spiro atoms. The van der Waals surface area contributed by atoms with Gasteiger partial charge in [-0.05, 0) is 65.3 Å². The van der Waals surface area contributed by atoms with E-state index in [4.69, 9.17) is 19.4 Å². The van der Waals surface area contributed by atoms with Gasteiger partial charge >= 0.3 is 0 Å². The summed E-state index contributed by atoms with van der Waals surface area (Å²) in [4.78, 5) is 17.5. The maximum absolute atomic E-state index is 5.98. The molecule has 0 amide bonds. The van der Waals surface area contributed by atoms with Crippen LogP contribution in [0.3, 0.4) is 0 Å². The monoisotopic (exact) mass is 526 g/mol. The van der Waals surface area contributed by atoms with E-state index in [1.807, 2.05) is 37.4 Å². The molecule has 39 heavy (non-hydrogen) atoms. The molecule has 5 aromatic rings. The average molecular weight is 527 g/mol. The van der Waals surface area contributed by atoms with Crippen LogP contribution < -0.4 is 9.47 Å². The third kappa shape index (κ3) is 6.41. The van der Waals surface area contributed by atoms with E-state index in [0.717, 1.165) is 82.3 Å². The molecular weight excluding hydrogens is 488 g/mol. The van der Waals surface area contributed by atoms with Crippen molar-refractivity contribution in [2.75, 3.05) is 54.5 Å². The first-order valence-electron chi connectivity index (χ1n) is 13.5. The highest BCUT2D eigenvalue weighted by Crippen LogP contribution is 2.29. The van der Waals surface area contributed by atoms with Gasteiger partial charge in [-0.25, -0.2) is 9.97 Å². The molecule has 0 fully saturated rings. The molecule has 2 aromatic heterocycles. The third-order valence-corrected chi connectivity index (χ3v) is 6.76. The van der Waals surface area contributed by atoms with Crippen LogP contribution in [0.15, 0.2) is 60.7 Å². The molecule has 0 unspecified atom stereocenters. The molecule has 0 aliphatic rings. The van der Waals surface area contributed by atoms with Crippen molar-refractivity contribution in [3.8, 4) is 34.3 Å². The van der Waals surface area contributed by atoms with Gasteiger partial charge in [-0.3, -0.25) is 0 Å². The Labute approximate surface area is 230 Å². The van der Waals surface area contributed by atoms with Crippen LogP contribution in [0.4, 0.5) is 0 Å². The minimum Gasteiger partial charge on any atom is -0.493 e. The summed E-state index contributed by atoms with van der Waals surface area (Å²) >= 11 is 0. The fraction of sp³-hybridized carbons (Fsp3) is 0.355. The van der Waals surface area contributed by atoms with E-state index >= 15 is 0 Å². The van der Waals surface area contributed by atoms with Gasteiger partial charge in [0.15, 0.2) is 0 Å². The van der Waals surface area contributed by atoms with Gasteiger partial charge in [0.25, 0.3) is 0 Å². The van der Waals surface area contributed by atoms with Crippen molar-refractivity contribution in [2.45, 2.75) is 12.8 Å². The largest absolute Gasteiger partial charge is 0.493 e. The van der Waals surface area contributed by atoms with Gasteiger partial charge in [0.2, 0.25) is 0 Å². The molecule has 3 aromatic carbocycles. The Morgan fingerprint density at radius 3 is 1.95 bits per heavy atom. The fourth-order valence-electron chi connectivity index (χ4n) is 4.65. The Balaban J connectivity index is 1.29. The lowest BCUT2D eigenvalue weighted by Gasteiger charge is -2.10. The van der Waals surface area contributed by atoms with E-state index in [1.165, 1.54) is 0 Å². The number of fused-ring (bicyclic) bond motifs is 2. The summed E-state index contributed by atoms with van der Waals surface area (Å²) in [6, 6.07) is 20.5. The zero-order chi connectivity index (χ0) is 27.4. The van der Waals surface area contributed by atoms with Gasteiger partial charge < -0.3 is 28.8 Å². The number of hydrogen-bond donors (Lipinski definition) is 1. The van der Waals surface area contributed by atoms with Gasteiger partial charge in [-0.15, -0.1) is 0 Å². The van der Waals surface area contributed by atoms with Crippen molar-refractivity contribution in [3.63, 3.8) is 0 Å². The second kappa shape index (κ2) is 11.9. The smallest absolute Gasteiger partial charge is 0.140 e. The predicted octanol–water partition coefficient (Wildman–Crippen LogP) is 5.44. The first-order valence-corrected chi connectivity index (χ1v) is 13.5. The number of aromatic nitrogens is 4. The minimum absolute atomic E-state index is 0.694. The molecule has 0 saturated heterocycles. The van der Waals surface area contributed by atoms with E-state index < -0.39 is 0 Å². The molecule has 0 aliphatic carbocycles. The highest BCUT2D eigenvalue weighted by atomic mass is 16.5. The highest BCUT2D eigenvalue weighted by molar-refractivity contribution is 5.83. The molecule has 2 heterocycles. The number of nitrogens with zero attached hydrogens (tertiary/aromatic N) is 5. The van der Waals surface area contributed by atoms with Crippen molar-refractivity contribution in [1.29, 1.82) is 0 Å². The van der Waals surface area contributed by atoms with Crippen molar-refractivity contribution in [3.05, 3.63) is 60.7 Å². The van der Waals surface area contributed by atoms with Gasteiger partial charge in [0.05, 0.1) is 35.3 Å². The van der Waals surface area contributed by atoms with Gasteiger partial charge in [0.1, 0.15) is 23.1 Å². The first kappa shape index (κ1) is 26.7. The van der Waals surface area contributed by atoms with Crippen molar-refractivity contribution in [2.24, 2.45) is 7.05 Å². The molecule has 0 radical (unpaired) electrons. The summed E-state index contributed by atoms with van der Waals surface area (Å²) in [6.45, 7) is 3.41. The van der Waals surface area contributed by atoms with Crippen LogP contribution in [0, 0.1) is 0 Å². The third-order valence-electron chi connectivity index (χ3n) is 6.76. The average Bonchev–Trinajstić information content (AvgIpc) is 3.50. The predicted molar refractivity (Wildman–Crippen MR) is 159 cm³/mol. The molecule has 5 rings (SSSR count). The number of H-pyrrole nitrogens is 1. The van der Waals surface area contributed by atoms with Crippen LogP contribution >= 0.6 is 0 Å². The van der Waals surface area contributed by atoms with E-state index in [1.54, 1.807) is 0 Å². The summed E-state index contributed by atoms with van der Waals surface area (Å²) in [6.07, 6.45) is 1.98.